The van der Waals surface area contributed by atoms with Crippen molar-refractivity contribution in [3.8, 4) is 5.69 Å². The highest BCUT2D eigenvalue weighted by atomic mass is 16.5. The van der Waals surface area contributed by atoms with Crippen molar-refractivity contribution in [2.24, 2.45) is 0 Å². The Morgan fingerprint density at radius 1 is 1.23 bits per heavy atom. The molecule has 1 N–H and O–H groups in total. The van der Waals surface area contributed by atoms with Crippen LogP contribution in [-0.4, -0.2) is 26.1 Å². The van der Waals surface area contributed by atoms with Crippen molar-refractivity contribution in [1.82, 2.24) is 20.2 Å². The topological polar surface area (TPSA) is 85.8 Å². The molecule has 0 fully saturated rings. The number of nitrogens with zero attached hydrogens (tertiary/aromatic N) is 4. The second kappa shape index (κ2) is 5.44. The number of aryl methyl sites for hydroxylation is 2. The summed E-state index contributed by atoms with van der Waals surface area (Å²) >= 11 is 0. The van der Waals surface area contributed by atoms with Gasteiger partial charge in [0.2, 0.25) is 0 Å². The van der Waals surface area contributed by atoms with E-state index in [-0.39, 0.29) is 11.6 Å². The zero-order valence-electron chi connectivity index (χ0n) is 12.5. The van der Waals surface area contributed by atoms with Crippen molar-refractivity contribution < 1.29 is 9.32 Å². The highest BCUT2D eigenvalue weighted by molar-refractivity contribution is 6.03. The van der Waals surface area contributed by atoms with Crippen LogP contribution in [0.2, 0.25) is 0 Å². The lowest BCUT2D eigenvalue weighted by molar-refractivity contribution is 0.102. The zero-order valence-corrected chi connectivity index (χ0v) is 12.5. The summed E-state index contributed by atoms with van der Waals surface area (Å²) in [5, 5.41) is 14.4. The van der Waals surface area contributed by atoms with Gasteiger partial charge in [0.15, 0.2) is 11.5 Å². The van der Waals surface area contributed by atoms with Crippen LogP contribution in [0.3, 0.4) is 0 Å². The molecule has 0 spiro atoms. The Bertz CT molecular complexity index is 834. The molecule has 1 aromatic carbocycles. The van der Waals surface area contributed by atoms with Crippen molar-refractivity contribution in [3.63, 3.8) is 0 Å². The molecule has 0 aliphatic rings. The molecule has 0 saturated heterocycles. The van der Waals surface area contributed by atoms with Crippen LogP contribution in [0.5, 0.6) is 0 Å². The van der Waals surface area contributed by atoms with Crippen molar-refractivity contribution in [2.45, 2.75) is 20.8 Å². The Hall–Kier alpha value is -2.96. The number of carbonyl (C=O) groups excluding carboxylic acids is 1. The van der Waals surface area contributed by atoms with Gasteiger partial charge in [-0.15, -0.1) is 5.10 Å². The fourth-order valence-electron chi connectivity index (χ4n) is 2.14. The minimum absolute atomic E-state index is 0.252. The third-order valence-corrected chi connectivity index (χ3v) is 3.23. The van der Waals surface area contributed by atoms with Crippen LogP contribution in [0, 0.1) is 20.8 Å². The molecule has 0 aliphatic carbocycles. The van der Waals surface area contributed by atoms with Crippen LogP contribution in [-0.2, 0) is 0 Å². The van der Waals surface area contributed by atoms with E-state index in [2.05, 4.69) is 20.8 Å². The first-order valence-corrected chi connectivity index (χ1v) is 6.78. The number of hydrogen-bond acceptors (Lipinski definition) is 5. The molecule has 112 valence electrons. The molecule has 0 atom stereocenters. The molecular weight excluding hydrogens is 282 g/mol. The number of benzene rings is 1. The maximum absolute atomic E-state index is 12.2. The second-order valence-electron chi connectivity index (χ2n) is 5.05. The van der Waals surface area contributed by atoms with E-state index < -0.39 is 0 Å². The van der Waals surface area contributed by atoms with Crippen molar-refractivity contribution >= 4 is 11.7 Å². The molecular formula is C15H15N5O2. The minimum atomic E-state index is -0.371. The van der Waals surface area contributed by atoms with Crippen LogP contribution in [0.15, 0.2) is 34.9 Å². The number of rotatable bonds is 3. The van der Waals surface area contributed by atoms with E-state index in [9.17, 15) is 4.79 Å². The van der Waals surface area contributed by atoms with Gasteiger partial charge in [0, 0.05) is 6.07 Å². The fourth-order valence-corrected chi connectivity index (χ4v) is 2.14. The van der Waals surface area contributed by atoms with E-state index in [4.69, 9.17) is 4.52 Å². The lowest BCUT2D eigenvalue weighted by atomic mass is 10.2. The SMILES string of the molecule is Cc1cccc(-n2nnc(C(=O)Nc3cc(C)on3)c2C)c1. The number of aromatic nitrogens is 4. The molecule has 7 nitrogen and oxygen atoms in total. The summed E-state index contributed by atoms with van der Waals surface area (Å²) in [5.41, 5.74) is 2.88. The van der Waals surface area contributed by atoms with Gasteiger partial charge in [-0.1, -0.05) is 22.5 Å². The third kappa shape index (κ3) is 2.60. The summed E-state index contributed by atoms with van der Waals surface area (Å²) in [4.78, 5) is 12.2. The molecule has 1 amide bonds. The molecule has 0 unspecified atom stereocenters. The van der Waals surface area contributed by atoms with Gasteiger partial charge >= 0.3 is 0 Å². The molecule has 3 rings (SSSR count). The van der Waals surface area contributed by atoms with Crippen LogP contribution >= 0.6 is 0 Å². The molecule has 0 bridgehead atoms. The van der Waals surface area contributed by atoms with Gasteiger partial charge in [-0.05, 0) is 38.5 Å². The number of amides is 1. The predicted octanol–water partition coefficient (Wildman–Crippen LogP) is 2.43. The zero-order chi connectivity index (χ0) is 15.7. The van der Waals surface area contributed by atoms with E-state index in [1.807, 2.05) is 31.2 Å². The second-order valence-corrected chi connectivity index (χ2v) is 5.05. The summed E-state index contributed by atoms with van der Waals surface area (Å²) in [6.07, 6.45) is 0. The van der Waals surface area contributed by atoms with E-state index in [0.717, 1.165) is 11.3 Å². The summed E-state index contributed by atoms with van der Waals surface area (Å²) in [7, 11) is 0. The fraction of sp³-hybridized carbons (Fsp3) is 0.200. The van der Waals surface area contributed by atoms with Crippen molar-refractivity contribution in [2.75, 3.05) is 5.32 Å². The Balaban J connectivity index is 1.88. The van der Waals surface area contributed by atoms with Gasteiger partial charge < -0.3 is 9.84 Å². The maximum Gasteiger partial charge on any atom is 0.279 e. The normalized spacial score (nSPS) is 10.7. The summed E-state index contributed by atoms with van der Waals surface area (Å²) in [6, 6.07) is 9.46. The number of nitrogens with one attached hydrogen (secondary N) is 1. The van der Waals surface area contributed by atoms with E-state index in [0.29, 0.717) is 17.3 Å². The van der Waals surface area contributed by atoms with E-state index in [1.54, 1.807) is 24.6 Å². The van der Waals surface area contributed by atoms with Crippen LogP contribution in [0.25, 0.3) is 5.69 Å². The molecule has 0 radical (unpaired) electrons. The van der Waals surface area contributed by atoms with Gasteiger partial charge in [0.1, 0.15) is 5.76 Å². The van der Waals surface area contributed by atoms with Gasteiger partial charge in [0.25, 0.3) is 5.91 Å². The van der Waals surface area contributed by atoms with Gasteiger partial charge in [-0.3, -0.25) is 4.79 Å². The third-order valence-electron chi connectivity index (χ3n) is 3.23. The quantitative estimate of drug-likeness (QED) is 0.802. The van der Waals surface area contributed by atoms with E-state index in [1.165, 1.54) is 0 Å². The monoisotopic (exact) mass is 297 g/mol. The van der Waals surface area contributed by atoms with Crippen LogP contribution in [0.1, 0.15) is 27.5 Å². The van der Waals surface area contributed by atoms with Crippen molar-refractivity contribution in [1.29, 1.82) is 0 Å². The first kappa shape index (κ1) is 14.0. The largest absolute Gasteiger partial charge is 0.360 e. The van der Waals surface area contributed by atoms with Gasteiger partial charge in [-0.2, -0.15) is 0 Å². The van der Waals surface area contributed by atoms with Crippen LogP contribution < -0.4 is 5.32 Å². The Morgan fingerprint density at radius 2 is 2.05 bits per heavy atom. The standard InChI is InChI=1S/C15H15N5O2/c1-9-5-4-6-12(7-9)20-11(3)14(17-19-20)15(21)16-13-8-10(2)22-18-13/h4-8H,1-3H3,(H,16,18,21). The van der Waals surface area contributed by atoms with Gasteiger partial charge in [0.05, 0.1) is 11.4 Å². The molecule has 7 heteroatoms. The lowest BCUT2D eigenvalue weighted by Gasteiger charge is -2.04. The smallest absolute Gasteiger partial charge is 0.279 e. The molecule has 0 aliphatic heterocycles. The molecule has 2 aromatic heterocycles. The maximum atomic E-state index is 12.2. The number of hydrogen-bond donors (Lipinski definition) is 1. The lowest BCUT2D eigenvalue weighted by Crippen LogP contribution is -2.14. The average Bonchev–Trinajstić information content (AvgIpc) is 3.05. The van der Waals surface area contributed by atoms with Gasteiger partial charge in [-0.25, -0.2) is 4.68 Å². The van der Waals surface area contributed by atoms with Crippen LogP contribution in [0.4, 0.5) is 5.82 Å². The summed E-state index contributed by atoms with van der Waals surface area (Å²) < 4.78 is 6.55. The first-order chi connectivity index (χ1) is 10.5. The molecule has 3 aromatic rings. The Kier molecular flexibility index (Phi) is 3.46. The number of anilines is 1. The molecule has 2 heterocycles. The predicted molar refractivity (Wildman–Crippen MR) is 80.0 cm³/mol. The van der Waals surface area contributed by atoms with Crippen molar-refractivity contribution in [3.05, 3.63) is 53.0 Å². The summed E-state index contributed by atoms with van der Waals surface area (Å²) in [6.45, 7) is 5.55. The first-order valence-electron chi connectivity index (χ1n) is 6.78. The average molecular weight is 297 g/mol. The minimum Gasteiger partial charge on any atom is -0.360 e. The number of carbonyl (C=O) groups is 1. The van der Waals surface area contributed by atoms with E-state index >= 15 is 0 Å². The summed E-state index contributed by atoms with van der Waals surface area (Å²) in [5.74, 6) is 0.604. The Morgan fingerprint density at radius 3 is 2.73 bits per heavy atom. The molecule has 22 heavy (non-hydrogen) atoms. The highest BCUT2D eigenvalue weighted by Crippen LogP contribution is 2.15. The highest BCUT2D eigenvalue weighted by Gasteiger charge is 2.18. The molecule has 0 saturated carbocycles. The Labute approximate surface area is 126 Å².